The van der Waals surface area contributed by atoms with E-state index >= 15 is 0 Å². The van der Waals surface area contributed by atoms with E-state index in [1.807, 2.05) is 54.6 Å². The Labute approximate surface area is 169 Å². The molecule has 0 aliphatic heterocycles. The summed E-state index contributed by atoms with van der Waals surface area (Å²) in [5, 5.41) is 3.76. The van der Waals surface area contributed by atoms with Crippen LogP contribution in [0.25, 0.3) is 10.9 Å². The molecule has 1 heterocycles. The number of rotatable bonds is 6. The molecular formula is C22H17F2N3OS. The summed E-state index contributed by atoms with van der Waals surface area (Å²) >= 11 is 0. The average Bonchev–Trinajstić information content (AvgIpc) is 2.74. The van der Waals surface area contributed by atoms with E-state index in [0.717, 1.165) is 10.5 Å². The SMILES string of the molecule is O=S(Cc1cccc(Nc2nc(C(F)F)nc3ccccc23)c1)c1ccccc1. The first kappa shape index (κ1) is 19.1. The maximum atomic E-state index is 13.2. The third-order valence-corrected chi connectivity index (χ3v) is 5.70. The number of nitrogens with zero attached hydrogens (tertiary/aromatic N) is 2. The van der Waals surface area contributed by atoms with Crippen LogP contribution in [-0.2, 0) is 16.6 Å². The van der Waals surface area contributed by atoms with Crippen molar-refractivity contribution in [3.8, 4) is 0 Å². The van der Waals surface area contributed by atoms with Gasteiger partial charge in [-0.1, -0.05) is 42.5 Å². The molecule has 146 valence electrons. The number of anilines is 2. The first-order valence-electron chi connectivity index (χ1n) is 8.94. The molecule has 3 aromatic carbocycles. The number of hydrogen-bond donors (Lipinski definition) is 1. The van der Waals surface area contributed by atoms with Crippen molar-refractivity contribution in [3.63, 3.8) is 0 Å². The molecule has 0 aliphatic rings. The van der Waals surface area contributed by atoms with Gasteiger partial charge in [-0.25, -0.2) is 18.7 Å². The Morgan fingerprint density at radius 2 is 1.66 bits per heavy atom. The Hall–Kier alpha value is -3.19. The van der Waals surface area contributed by atoms with Gasteiger partial charge in [0.15, 0.2) is 5.82 Å². The highest BCUT2D eigenvalue weighted by molar-refractivity contribution is 7.84. The van der Waals surface area contributed by atoms with Crippen LogP contribution in [0.2, 0.25) is 0 Å². The normalized spacial score (nSPS) is 12.2. The molecule has 0 fully saturated rings. The van der Waals surface area contributed by atoms with Crippen LogP contribution >= 0.6 is 0 Å². The van der Waals surface area contributed by atoms with Crippen molar-refractivity contribution in [2.45, 2.75) is 17.1 Å². The van der Waals surface area contributed by atoms with Crippen molar-refractivity contribution in [3.05, 3.63) is 90.3 Å². The molecule has 1 N–H and O–H groups in total. The fraction of sp³-hybridized carbons (Fsp3) is 0.0909. The number of fused-ring (bicyclic) bond motifs is 1. The van der Waals surface area contributed by atoms with Crippen molar-refractivity contribution in [2.75, 3.05) is 5.32 Å². The van der Waals surface area contributed by atoms with Crippen LogP contribution in [0.1, 0.15) is 17.8 Å². The van der Waals surface area contributed by atoms with E-state index in [0.29, 0.717) is 28.2 Å². The van der Waals surface area contributed by atoms with Gasteiger partial charge in [0, 0.05) is 16.0 Å². The highest BCUT2D eigenvalue weighted by atomic mass is 32.2. The van der Waals surface area contributed by atoms with Crippen molar-refractivity contribution in [2.24, 2.45) is 0 Å². The van der Waals surface area contributed by atoms with Crippen LogP contribution in [0.4, 0.5) is 20.3 Å². The largest absolute Gasteiger partial charge is 0.340 e. The zero-order valence-electron chi connectivity index (χ0n) is 15.3. The minimum absolute atomic E-state index is 0.312. The predicted octanol–water partition coefficient (Wildman–Crippen LogP) is 5.62. The fourth-order valence-electron chi connectivity index (χ4n) is 2.97. The van der Waals surface area contributed by atoms with E-state index in [9.17, 15) is 13.0 Å². The van der Waals surface area contributed by atoms with Gasteiger partial charge in [-0.15, -0.1) is 0 Å². The summed E-state index contributed by atoms with van der Waals surface area (Å²) in [6.45, 7) is 0. The van der Waals surface area contributed by atoms with Gasteiger partial charge in [-0.2, -0.15) is 0 Å². The molecule has 0 saturated carbocycles. The summed E-state index contributed by atoms with van der Waals surface area (Å²) in [5.41, 5.74) is 1.99. The third-order valence-electron chi connectivity index (χ3n) is 4.31. The lowest BCUT2D eigenvalue weighted by Gasteiger charge is -2.12. The minimum Gasteiger partial charge on any atom is -0.340 e. The topological polar surface area (TPSA) is 54.9 Å². The van der Waals surface area contributed by atoms with Gasteiger partial charge in [-0.3, -0.25) is 4.21 Å². The molecule has 4 rings (SSSR count). The maximum Gasteiger partial charge on any atom is 0.297 e. The molecule has 0 amide bonds. The Kier molecular flexibility index (Phi) is 5.57. The lowest BCUT2D eigenvalue weighted by Crippen LogP contribution is -2.03. The predicted molar refractivity (Wildman–Crippen MR) is 111 cm³/mol. The van der Waals surface area contributed by atoms with Crippen LogP contribution < -0.4 is 5.32 Å². The molecule has 4 nitrogen and oxygen atoms in total. The summed E-state index contributed by atoms with van der Waals surface area (Å²) < 4.78 is 39.0. The van der Waals surface area contributed by atoms with Crippen LogP contribution in [0.15, 0.2) is 83.8 Å². The van der Waals surface area contributed by atoms with Gasteiger partial charge in [0.1, 0.15) is 5.82 Å². The molecule has 1 aromatic heterocycles. The molecule has 0 radical (unpaired) electrons. The second-order valence-corrected chi connectivity index (χ2v) is 7.83. The van der Waals surface area contributed by atoms with Crippen molar-refractivity contribution < 1.29 is 13.0 Å². The number of nitrogens with one attached hydrogen (secondary N) is 1. The molecule has 0 aliphatic carbocycles. The van der Waals surface area contributed by atoms with E-state index in [1.165, 1.54) is 0 Å². The van der Waals surface area contributed by atoms with E-state index < -0.39 is 23.0 Å². The number of para-hydroxylation sites is 1. The molecule has 4 aromatic rings. The van der Waals surface area contributed by atoms with Gasteiger partial charge in [0.25, 0.3) is 6.43 Å². The molecule has 0 saturated heterocycles. The molecule has 0 spiro atoms. The molecule has 0 bridgehead atoms. The van der Waals surface area contributed by atoms with Crippen LogP contribution in [-0.4, -0.2) is 14.2 Å². The Bertz CT molecular complexity index is 1170. The minimum atomic E-state index is -2.76. The molecule has 1 unspecified atom stereocenters. The number of benzene rings is 3. The first-order chi connectivity index (χ1) is 14.1. The number of hydrogen-bond acceptors (Lipinski definition) is 4. The van der Waals surface area contributed by atoms with Crippen LogP contribution in [0.3, 0.4) is 0 Å². The summed E-state index contributed by atoms with van der Waals surface area (Å²) in [6.07, 6.45) is -2.76. The van der Waals surface area contributed by atoms with Gasteiger partial charge in [0.2, 0.25) is 0 Å². The zero-order chi connectivity index (χ0) is 20.2. The Morgan fingerprint density at radius 1 is 0.897 bits per heavy atom. The summed E-state index contributed by atoms with van der Waals surface area (Å²) in [4.78, 5) is 8.69. The number of halogens is 2. The third kappa shape index (κ3) is 4.46. The van der Waals surface area contributed by atoms with E-state index in [2.05, 4.69) is 15.3 Å². The van der Waals surface area contributed by atoms with Crippen molar-refractivity contribution >= 4 is 33.2 Å². The average molecular weight is 409 g/mol. The fourth-order valence-corrected chi connectivity index (χ4v) is 4.08. The number of alkyl halides is 2. The molecule has 1 atom stereocenters. The van der Waals surface area contributed by atoms with E-state index in [1.54, 1.807) is 24.3 Å². The first-order valence-corrected chi connectivity index (χ1v) is 10.3. The van der Waals surface area contributed by atoms with E-state index in [4.69, 9.17) is 0 Å². The van der Waals surface area contributed by atoms with Crippen LogP contribution in [0.5, 0.6) is 0 Å². The highest BCUT2D eigenvalue weighted by Crippen LogP contribution is 2.27. The lowest BCUT2D eigenvalue weighted by molar-refractivity contribution is 0.141. The van der Waals surface area contributed by atoms with Crippen molar-refractivity contribution in [1.82, 2.24) is 9.97 Å². The quantitative estimate of drug-likeness (QED) is 0.449. The van der Waals surface area contributed by atoms with Gasteiger partial charge >= 0.3 is 0 Å². The summed E-state index contributed by atoms with van der Waals surface area (Å²) in [5.74, 6) is 0.145. The lowest BCUT2D eigenvalue weighted by atomic mass is 10.2. The van der Waals surface area contributed by atoms with Gasteiger partial charge < -0.3 is 5.32 Å². The molecule has 7 heteroatoms. The monoisotopic (exact) mass is 409 g/mol. The maximum absolute atomic E-state index is 13.2. The second-order valence-electron chi connectivity index (χ2n) is 6.38. The summed E-state index contributed by atoms with van der Waals surface area (Å²) in [6, 6.07) is 23.6. The Balaban J connectivity index is 1.62. The van der Waals surface area contributed by atoms with Gasteiger partial charge in [0.05, 0.1) is 22.1 Å². The van der Waals surface area contributed by atoms with Crippen molar-refractivity contribution in [1.29, 1.82) is 0 Å². The highest BCUT2D eigenvalue weighted by Gasteiger charge is 2.15. The molecular weight excluding hydrogens is 392 g/mol. The molecule has 29 heavy (non-hydrogen) atoms. The van der Waals surface area contributed by atoms with E-state index in [-0.39, 0.29) is 0 Å². The Morgan fingerprint density at radius 3 is 2.45 bits per heavy atom. The van der Waals surface area contributed by atoms with Crippen LogP contribution in [0, 0.1) is 0 Å². The smallest absolute Gasteiger partial charge is 0.297 e. The zero-order valence-corrected chi connectivity index (χ0v) is 16.1. The number of aromatic nitrogens is 2. The van der Waals surface area contributed by atoms with Gasteiger partial charge in [-0.05, 0) is 42.0 Å². The summed E-state index contributed by atoms with van der Waals surface area (Å²) in [7, 11) is -1.17. The second kappa shape index (κ2) is 8.45. The standard InChI is InChI=1S/C22H17F2N3OS/c23-20(24)22-26-19-12-5-4-11-18(19)21(27-22)25-16-8-6-7-15(13-16)14-29(28)17-9-2-1-3-10-17/h1-13,20H,14H2,(H,25,26,27).